The standard InChI is InChI=1S/C50H41FN2/c51-40-18-24-43(25-19-40)52(41-20-14-35(15-21-41)48-38-27-32-26-33(29-38)30-39(48)28-32)42-22-16-36(17-23-42)50-44-11-5-4-10-37(44)31-47-49(34-8-2-1-3-9-34)45-12-6-7-13-46(45)53(47)50/h1-25,31-33,38-39,48H,26-30H2. The summed E-state index contributed by atoms with van der Waals surface area (Å²) in [5.41, 5.74) is 11.8. The molecular weight excluding hydrogens is 648 g/mol. The number of hydrogen-bond acceptors (Lipinski definition) is 1. The number of nitrogens with zero attached hydrogens (tertiary/aromatic N) is 2. The average molecular weight is 689 g/mol. The Hall–Kier alpha value is -5.67. The molecule has 0 saturated heterocycles. The molecule has 12 rings (SSSR count). The second-order valence-electron chi connectivity index (χ2n) is 16.0. The summed E-state index contributed by atoms with van der Waals surface area (Å²) in [6, 6.07) is 55.8. The van der Waals surface area contributed by atoms with Crippen molar-refractivity contribution in [1.82, 2.24) is 4.40 Å². The summed E-state index contributed by atoms with van der Waals surface area (Å²) in [5.74, 6) is 4.10. The number of benzene rings is 6. The SMILES string of the molecule is Fc1ccc(N(c2ccc(-c3c4ccccc4cc4c(-c5ccccc5)c5ccccc5n34)cc2)c2ccc(C3C4CC5CC(C4)CC3C5)cc2)cc1. The van der Waals surface area contributed by atoms with Gasteiger partial charge in [0, 0.05) is 33.4 Å². The third kappa shape index (κ3) is 5.05. The van der Waals surface area contributed by atoms with Gasteiger partial charge in [0.2, 0.25) is 0 Å². The number of pyridine rings is 1. The highest BCUT2D eigenvalue weighted by Gasteiger charge is 2.48. The number of rotatable bonds is 6. The van der Waals surface area contributed by atoms with Crippen molar-refractivity contribution in [3.8, 4) is 22.4 Å². The maximum Gasteiger partial charge on any atom is 0.123 e. The van der Waals surface area contributed by atoms with Crippen molar-refractivity contribution in [2.75, 3.05) is 4.90 Å². The Balaban J connectivity index is 1.03. The second kappa shape index (κ2) is 12.2. The number of para-hydroxylation sites is 1. The molecule has 258 valence electrons. The summed E-state index contributed by atoms with van der Waals surface area (Å²) in [6.45, 7) is 0. The summed E-state index contributed by atoms with van der Waals surface area (Å²) < 4.78 is 16.7. The van der Waals surface area contributed by atoms with Gasteiger partial charge in [-0.05, 0) is 144 Å². The fraction of sp³-hybridized carbons (Fsp3) is 0.200. The lowest BCUT2D eigenvalue weighted by Crippen LogP contribution is -2.43. The van der Waals surface area contributed by atoms with E-state index in [-0.39, 0.29) is 5.82 Å². The lowest BCUT2D eigenvalue weighted by molar-refractivity contribution is -0.00277. The first-order chi connectivity index (χ1) is 26.2. The first kappa shape index (κ1) is 30.9. The number of aromatic nitrogens is 1. The molecule has 4 bridgehead atoms. The summed E-state index contributed by atoms with van der Waals surface area (Å²) in [4.78, 5) is 2.27. The Bertz CT molecular complexity index is 2590. The van der Waals surface area contributed by atoms with E-state index in [0.29, 0.717) is 5.92 Å². The first-order valence-electron chi connectivity index (χ1n) is 19.4. The second-order valence-corrected chi connectivity index (χ2v) is 16.0. The molecule has 2 nitrogen and oxygen atoms in total. The summed E-state index contributed by atoms with van der Waals surface area (Å²) in [6.07, 6.45) is 7.16. The van der Waals surface area contributed by atoms with Crippen molar-refractivity contribution in [2.45, 2.75) is 38.0 Å². The summed E-state index contributed by atoms with van der Waals surface area (Å²) in [7, 11) is 0. The Morgan fingerprint density at radius 1 is 0.491 bits per heavy atom. The molecule has 2 aromatic heterocycles. The zero-order valence-electron chi connectivity index (χ0n) is 29.7. The van der Waals surface area contributed by atoms with Crippen molar-refractivity contribution >= 4 is 44.3 Å². The van der Waals surface area contributed by atoms with Crippen LogP contribution in [0.3, 0.4) is 0 Å². The molecule has 3 heteroatoms. The van der Waals surface area contributed by atoms with Crippen LogP contribution in [0.4, 0.5) is 21.5 Å². The van der Waals surface area contributed by atoms with E-state index in [2.05, 4.69) is 143 Å². The van der Waals surface area contributed by atoms with Gasteiger partial charge in [-0.2, -0.15) is 0 Å². The zero-order valence-corrected chi connectivity index (χ0v) is 29.7. The third-order valence-corrected chi connectivity index (χ3v) is 13.0. The Labute approximate surface area is 310 Å². The van der Waals surface area contributed by atoms with Gasteiger partial charge in [0.25, 0.3) is 0 Å². The van der Waals surface area contributed by atoms with Crippen LogP contribution in [-0.2, 0) is 0 Å². The predicted molar refractivity (Wildman–Crippen MR) is 218 cm³/mol. The minimum Gasteiger partial charge on any atom is -0.311 e. The lowest BCUT2D eigenvalue weighted by Gasteiger charge is -2.54. The molecule has 2 heterocycles. The van der Waals surface area contributed by atoms with Crippen molar-refractivity contribution in [2.24, 2.45) is 23.7 Å². The average Bonchev–Trinajstić information content (AvgIpc) is 3.52. The van der Waals surface area contributed by atoms with E-state index in [1.54, 1.807) is 12.1 Å². The van der Waals surface area contributed by atoms with Gasteiger partial charge in [0.15, 0.2) is 0 Å². The minimum atomic E-state index is -0.227. The zero-order chi connectivity index (χ0) is 35.0. The van der Waals surface area contributed by atoms with E-state index < -0.39 is 0 Å². The molecule has 4 aliphatic carbocycles. The first-order valence-corrected chi connectivity index (χ1v) is 19.4. The molecule has 4 fully saturated rings. The summed E-state index contributed by atoms with van der Waals surface area (Å²) >= 11 is 0. The highest BCUT2D eigenvalue weighted by Crippen LogP contribution is 2.60. The van der Waals surface area contributed by atoms with Crippen LogP contribution in [-0.4, -0.2) is 4.40 Å². The normalized spacial score (nSPS) is 21.9. The van der Waals surface area contributed by atoms with Crippen LogP contribution in [0.1, 0.15) is 43.6 Å². The molecule has 0 atom stereocenters. The number of hydrogen-bond donors (Lipinski definition) is 0. The van der Waals surface area contributed by atoms with Crippen LogP contribution in [0, 0.1) is 29.5 Å². The van der Waals surface area contributed by atoms with Crippen LogP contribution in [0.25, 0.3) is 49.6 Å². The predicted octanol–water partition coefficient (Wildman–Crippen LogP) is 13.7. The van der Waals surface area contributed by atoms with Gasteiger partial charge in [-0.1, -0.05) is 97.1 Å². The van der Waals surface area contributed by atoms with Crippen LogP contribution in [0.15, 0.2) is 158 Å². The van der Waals surface area contributed by atoms with E-state index >= 15 is 0 Å². The van der Waals surface area contributed by atoms with Gasteiger partial charge in [-0.15, -0.1) is 0 Å². The molecule has 0 aliphatic heterocycles. The van der Waals surface area contributed by atoms with Crippen molar-refractivity contribution in [3.63, 3.8) is 0 Å². The molecule has 0 radical (unpaired) electrons. The van der Waals surface area contributed by atoms with Gasteiger partial charge in [-0.25, -0.2) is 4.39 Å². The van der Waals surface area contributed by atoms with Crippen LogP contribution < -0.4 is 4.90 Å². The number of anilines is 3. The number of halogens is 1. The topological polar surface area (TPSA) is 7.65 Å². The molecule has 53 heavy (non-hydrogen) atoms. The quantitative estimate of drug-likeness (QED) is 0.169. The van der Waals surface area contributed by atoms with E-state index in [4.69, 9.17) is 0 Å². The third-order valence-electron chi connectivity index (χ3n) is 13.0. The molecule has 0 N–H and O–H groups in total. The highest BCUT2D eigenvalue weighted by molar-refractivity contribution is 6.11. The van der Waals surface area contributed by atoms with Crippen LogP contribution >= 0.6 is 0 Å². The molecule has 6 aromatic carbocycles. The fourth-order valence-corrected chi connectivity index (χ4v) is 11.1. The van der Waals surface area contributed by atoms with E-state index in [1.807, 2.05) is 12.1 Å². The highest BCUT2D eigenvalue weighted by atomic mass is 19.1. The van der Waals surface area contributed by atoms with E-state index in [1.165, 1.54) is 81.7 Å². The van der Waals surface area contributed by atoms with E-state index in [0.717, 1.165) is 46.3 Å². The Morgan fingerprint density at radius 2 is 1.06 bits per heavy atom. The van der Waals surface area contributed by atoms with Crippen LogP contribution in [0.5, 0.6) is 0 Å². The Morgan fingerprint density at radius 3 is 1.74 bits per heavy atom. The van der Waals surface area contributed by atoms with Crippen LogP contribution in [0.2, 0.25) is 0 Å². The molecule has 8 aromatic rings. The van der Waals surface area contributed by atoms with Gasteiger partial charge in [-0.3, -0.25) is 0 Å². The van der Waals surface area contributed by atoms with Gasteiger partial charge in [0.1, 0.15) is 5.82 Å². The van der Waals surface area contributed by atoms with Crippen molar-refractivity contribution in [1.29, 1.82) is 0 Å². The molecule has 0 unspecified atom stereocenters. The van der Waals surface area contributed by atoms with Crippen molar-refractivity contribution < 1.29 is 4.39 Å². The minimum absolute atomic E-state index is 0.227. The molecular formula is C50H41FN2. The van der Waals surface area contributed by atoms with Gasteiger partial charge < -0.3 is 9.30 Å². The lowest BCUT2D eigenvalue weighted by atomic mass is 9.51. The monoisotopic (exact) mass is 688 g/mol. The fourth-order valence-electron chi connectivity index (χ4n) is 11.1. The summed E-state index contributed by atoms with van der Waals surface area (Å²) in [5, 5.41) is 3.67. The number of fused-ring (bicyclic) bond motifs is 4. The molecule has 4 aliphatic rings. The van der Waals surface area contributed by atoms with Gasteiger partial charge in [0.05, 0.1) is 16.7 Å². The molecule has 0 spiro atoms. The smallest absolute Gasteiger partial charge is 0.123 e. The maximum atomic E-state index is 14.3. The molecule has 4 saturated carbocycles. The van der Waals surface area contributed by atoms with Gasteiger partial charge >= 0.3 is 0 Å². The largest absolute Gasteiger partial charge is 0.311 e. The Kier molecular flexibility index (Phi) is 7.12. The maximum absolute atomic E-state index is 14.3. The van der Waals surface area contributed by atoms with Crippen molar-refractivity contribution in [3.05, 3.63) is 169 Å². The van der Waals surface area contributed by atoms with E-state index in [9.17, 15) is 4.39 Å². The molecule has 0 amide bonds.